The zero-order chi connectivity index (χ0) is 31.4. The first-order valence-corrected chi connectivity index (χ1v) is 13.8. The number of nitrogens with one attached hydrogen (secondary N) is 3. The molecule has 0 saturated carbocycles. The van der Waals surface area contributed by atoms with Crippen LogP contribution in [0.5, 0.6) is 23.0 Å². The largest absolute Gasteiger partial charge is 0.497 e. The number of amides is 4. The Hall–Kier alpha value is -5.06. The van der Waals surface area contributed by atoms with Crippen LogP contribution < -0.4 is 35.9 Å². The van der Waals surface area contributed by atoms with Crippen LogP contribution in [-0.4, -0.2) is 49.9 Å². The molecular weight excluding hydrogens is 552 g/mol. The highest BCUT2D eigenvalue weighted by molar-refractivity contribution is 5.95. The normalized spacial score (nSPS) is 12.0. The van der Waals surface area contributed by atoms with Crippen molar-refractivity contribution in [1.82, 2.24) is 16.0 Å². The van der Waals surface area contributed by atoms with Gasteiger partial charge in [-0.15, -0.1) is 0 Å². The quantitative estimate of drug-likeness (QED) is 0.212. The van der Waals surface area contributed by atoms with Crippen molar-refractivity contribution < 1.29 is 33.4 Å². The van der Waals surface area contributed by atoms with E-state index in [0.717, 1.165) is 0 Å². The third kappa shape index (κ3) is 10.1. The molecule has 11 nitrogen and oxygen atoms in total. The van der Waals surface area contributed by atoms with Crippen molar-refractivity contribution in [2.75, 3.05) is 14.2 Å². The topological polar surface area (TPSA) is 158 Å². The first-order valence-electron chi connectivity index (χ1n) is 13.8. The number of rotatable bonds is 15. The molecule has 0 unspecified atom stereocenters. The summed E-state index contributed by atoms with van der Waals surface area (Å²) in [5, 5.41) is 8.05. The van der Waals surface area contributed by atoms with Crippen LogP contribution in [0.15, 0.2) is 72.8 Å². The van der Waals surface area contributed by atoms with Crippen molar-refractivity contribution in [2.45, 2.75) is 45.3 Å². The number of carbonyl (C=O) groups excluding carboxylic acids is 4. The number of hydrogen-bond donors (Lipinski definition) is 4. The lowest BCUT2D eigenvalue weighted by atomic mass is 10.0. The lowest BCUT2D eigenvalue weighted by Crippen LogP contribution is -2.56. The molecule has 3 aromatic rings. The number of nitrogens with two attached hydrogens (primary N) is 1. The Kier molecular flexibility index (Phi) is 11.9. The van der Waals surface area contributed by atoms with Gasteiger partial charge in [0.1, 0.15) is 35.1 Å². The fourth-order valence-corrected chi connectivity index (χ4v) is 4.26. The van der Waals surface area contributed by atoms with Crippen LogP contribution in [0.1, 0.15) is 31.4 Å². The average molecular weight is 591 g/mol. The van der Waals surface area contributed by atoms with E-state index in [4.69, 9.17) is 19.9 Å². The van der Waals surface area contributed by atoms with Crippen molar-refractivity contribution in [3.05, 3.63) is 83.9 Å². The van der Waals surface area contributed by atoms with Crippen LogP contribution >= 0.6 is 0 Å². The maximum absolute atomic E-state index is 13.2. The van der Waals surface area contributed by atoms with Gasteiger partial charge in [-0.25, -0.2) is 0 Å². The number of benzene rings is 3. The Bertz CT molecular complexity index is 1410. The average Bonchev–Trinajstić information content (AvgIpc) is 2.98. The van der Waals surface area contributed by atoms with Gasteiger partial charge in [-0.3, -0.25) is 19.2 Å². The molecule has 0 aliphatic carbocycles. The maximum atomic E-state index is 13.2. The molecule has 0 aliphatic heterocycles. The predicted molar refractivity (Wildman–Crippen MR) is 161 cm³/mol. The Labute approximate surface area is 251 Å². The van der Waals surface area contributed by atoms with E-state index in [9.17, 15) is 19.2 Å². The molecule has 0 saturated heterocycles. The first kappa shape index (κ1) is 32.5. The molecule has 4 amide bonds. The van der Waals surface area contributed by atoms with Gasteiger partial charge in [-0.1, -0.05) is 44.2 Å². The lowest BCUT2D eigenvalue weighted by molar-refractivity contribution is -0.134. The van der Waals surface area contributed by atoms with Gasteiger partial charge in [0, 0.05) is 18.2 Å². The summed E-state index contributed by atoms with van der Waals surface area (Å²) < 4.78 is 16.4. The summed E-state index contributed by atoms with van der Waals surface area (Å²) in [5.74, 6) is -0.411. The molecule has 0 heterocycles. The Morgan fingerprint density at radius 3 is 2.16 bits per heavy atom. The molecule has 0 spiro atoms. The summed E-state index contributed by atoms with van der Waals surface area (Å²) in [4.78, 5) is 51.0. The standard InChI is InChI=1S/C32H38N4O7/c1-20(2)30(32(40)34-19-22-13-14-24(41-3)17-27(22)42-4)36-31(39)26(18-28(33)37)35-29(38)16-21-9-8-12-25(15-21)43-23-10-6-5-7-11-23/h5-15,17,20,26,30H,16,18-19H2,1-4H3,(H2,33,37)(H,34,40)(H,35,38)(H,36,39)/t26-,30-/m0/s1. The summed E-state index contributed by atoms with van der Waals surface area (Å²) in [6, 6.07) is 19.2. The second-order valence-corrected chi connectivity index (χ2v) is 10.2. The third-order valence-electron chi connectivity index (χ3n) is 6.49. The van der Waals surface area contributed by atoms with Gasteiger partial charge in [-0.05, 0) is 47.9 Å². The van der Waals surface area contributed by atoms with Gasteiger partial charge in [0.25, 0.3) is 0 Å². The van der Waals surface area contributed by atoms with Crippen molar-refractivity contribution in [2.24, 2.45) is 11.7 Å². The third-order valence-corrected chi connectivity index (χ3v) is 6.49. The Balaban J connectivity index is 1.64. The van der Waals surface area contributed by atoms with E-state index < -0.39 is 42.1 Å². The highest BCUT2D eigenvalue weighted by Crippen LogP contribution is 2.25. The van der Waals surface area contributed by atoms with E-state index in [0.29, 0.717) is 34.1 Å². The van der Waals surface area contributed by atoms with Gasteiger partial charge < -0.3 is 35.9 Å². The van der Waals surface area contributed by atoms with Crippen LogP contribution in [0.4, 0.5) is 0 Å². The minimum atomic E-state index is -1.27. The molecular formula is C32H38N4O7. The lowest BCUT2D eigenvalue weighted by Gasteiger charge is -2.25. The van der Waals surface area contributed by atoms with E-state index in [1.54, 1.807) is 63.4 Å². The SMILES string of the molecule is COc1ccc(CNC(=O)[C@@H](NC(=O)[C@H](CC(N)=O)NC(=O)Cc2cccc(Oc3ccccc3)c2)C(C)C)c(OC)c1. The van der Waals surface area contributed by atoms with Crippen LogP contribution in [0.25, 0.3) is 0 Å². The van der Waals surface area contributed by atoms with Gasteiger partial charge in [0.05, 0.1) is 27.1 Å². The van der Waals surface area contributed by atoms with E-state index in [1.165, 1.54) is 7.11 Å². The highest BCUT2D eigenvalue weighted by Gasteiger charge is 2.30. The molecule has 3 rings (SSSR count). The fourth-order valence-electron chi connectivity index (χ4n) is 4.26. The summed E-state index contributed by atoms with van der Waals surface area (Å²) >= 11 is 0. The number of para-hydroxylation sites is 1. The number of ether oxygens (including phenoxy) is 3. The molecule has 0 bridgehead atoms. The number of carbonyl (C=O) groups is 4. The summed E-state index contributed by atoms with van der Waals surface area (Å²) in [7, 11) is 3.05. The number of primary amides is 1. The van der Waals surface area contributed by atoms with Gasteiger partial charge >= 0.3 is 0 Å². The summed E-state index contributed by atoms with van der Waals surface area (Å²) in [5.41, 5.74) is 6.72. The van der Waals surface area contributed by atoms with E-state index in [2.05, 4.69) is 16.0 Å². The molecule has 0 radical (unpaired) electrons. The Morgan fingerprint density at radius 1 is 0.791 bits per heavy atom. The molecule has 228 valence electrons. The summed E-state index contributed by atoms with van der Waals surface area (Å²) in [6.45, 7) is 3.68. The second kappa shape index (κ2) is 15.8. The van der Waals surface area contributed by atoms with Crippen molar-refractivity contribution in [1.29, 1.82) is 0 Å². The van der Waals surface area contributed by atoms with Crippen LogP contribution in [0, 0.1) is 5.92 Å². The minimum Gasteiger partial charge on any atom is -0.497 e. The first-order chi connectivity index (χ1) is 20.6. The molecule has 11 heteroatoms. The molecule has 5 N–H and O–H groups in total. The monoisotopic (exact) mass is 590 g/mol. The molecule has 2 atom stereocenters. The van der Waals surface area contributed by atoms with E-state index >= 15 is 0 Å². The van der Waals surface area contributed by atoms with Gasteiger partial charge in [-0.2, -0.15) is 0 Å². The maximum Gasteiger partial charge on any atom is 0.243 e. The number of methoxy groups -OCH3 is 2. The molecule has 0 aromatic heterocycles. The smallest absolute Gasteiger partial charge is 0.243 e. The zero-order valence-electron chi connectivity index (χ0n) is 24.7. The predicted octanol–water partition coefficient (Wildman–Crippen LogP) is 2.86. The molecule has 43 heavy (non-hydrogen) atoms. The minimum absolute atomic E-state index is 0.0771. The van der Waals surface area contributed by atoms with Crippen molar-refractivity contribution in [3.8, 4) is 23.0 Å². The Morgan fingerprint density at radius 2 is 1.51 bits per heavy atom. The van der Waals surface area contributed by atoms with Crippen LogP contribution in [0.3, 0.4) is 0 Å². The second-order valence-electron chi connectivity index (χ2n) is 10.2. The zero-order valence-corrected chi connectivity index (χ0v) is 24.7. The number of hydrogen-bond acceptors (Lipinski definition) is 7. The van der Waals surface area contributed by atoms with Gasteiger partial charge in [0.15, 0.2) is 0 Å². The molecule has 0 fully saturated rings. The van der Waals surface area contributed by atoms with Crippen molar-refractivity contribution >= 4 is 23.6 Å². The van der Waals surface area contributed by atoms with Crippen molar-refractivity contribution in [3.63, 3.8) is 0 Å². The van der Waals surface area contributed by atoms with Crippen LogP contribution in [-0.2, 0) is 32.1 Å². The fraction of sp³-hybridized carbons (Fsp3) is 0.312. The van der Waals surface area contributed by atoms with E-state index in [-0.39, 0.29) is 18.9 Å². The molecule has 3 aromatic carbocycles. The van der Waals surface area contributed by atoms with Crippen LogP contribution in [0.2, 0.25) is 0 Å². The van der Waals surface area contributed by atoms with E-state index in [1.807, 2.05) is 30.3 Å². The van der Waals surface area contributed by atoms with Gasteiger partial charge in [0.2, 0.25) is 23.6 Å². The molecule has 0 aliphatic rings. The summed E-state index contributed by atoms with van der Waals surface area (Å²) in [6.07, 6.45) is -0.517. The highest BCUT2D eigenvalue weighted by atomic mass is 16.5.